The molecule has 0 spiro atoms. The number of anilines is 3. The molecule has 12 nitrogen and oxygen atoms in total. The fourth-order valence-corrected chi connectivity index (χ4v) is 6.79. The molecule has 13 heteroatoms. The molecule has 2 saturated heterocycles. The highest BCUT2D eigenvalue weighted by molar-refractivity contribution is 7.13. The fourth-order valence-electron chi connectivity index (χ4n) is 6.01. The normalized spacial score (nSPS) is 23.2. The van der Waals surface area contributed by atoms with Crippen LogP contribution in [0.1, 0.15) is 50.3 Å². The largest absolute Gasteiger partial charge is 0.453 e. The van der Waals surface area contributed by atoms with Crippen LogP contribution < -0.4 is 10.6 Å². The second-order valence-corrected chi connectivity index (χ2v) is 11.4. The molecule has 0 atom stereocenters. The minimum absolute atomic E-state index is 0.223. The molecule has 0 aromatic carbocycles. The molecule has 5 heterocycles. The molecular weight excluding hydrogens is 518 g/mol. The maximum Gasteiger partial charge on any atom is 0.409 e. The molecule has 3 aliphatic rings. The number of piperazine rings is 1. The molecule has 1 saturated carbocycles. The van der Waals surface area contributed by atoms with Gasteiger partial charge in [0.1, 0.15) is 5.82 Å². The summed E-state index contributed by atoms with van der Waals surface area (Å²) in [5.41, 5.74) is 1.83. The SMILES string of the molecule is COC(=O)N1CCN([C@H]2CC[C@H](Nc3nc(Nc4cnn(C5CCOCC5)c4)nc4snc(C)c34)CC2)CC1. The second kappa shape index (κ2) is 11.6. The Labute approximate surface area is 232 Å². The molecule has 1 amide bonds. The van der Waals surface area contributed by atoms with Crippen LogP contribution in [0.3, 0.4) is 0 Å². The Morgan fingerprint density at radius 3 is 2.56 bits per heavy atom. The Morgan fingerprint density at radius 2 is 1.82 bits per heavy atom. The van der Waals surface area contributed by atoms with E-state index in [1.165, 1.54) is 18.6 Å². The standard InChI is InChI=1S/C26H37N9O3S/c1-17-22-23(28-18-3-5-20(6-4-18)33-9-11-34(12-10-33)26(36)37-2)30-25(31-24(22)39-32-17)29-19-15-27-35(16-19)21-7-13-38-14-8-21/h15-16,18,20-21H,3-14H2,1-2H3,(H2,28,29,30,31)/t18-,20-. The summed E-state index contributed by atoms with van der Waals surface area (Å²) in [6.07, 6.45) is 9.99. The molecule has 3 fully saturated rings. The number of hydrogen-bond acceptors (Lipinski definition) is 11. The van der Waals surface area contributed by atoms with E-state index >= 15 is 0 Å². The van der Waals surface area contributed by atoms with E-state index in [4.69, 9.17) is 19.4 Å². The summed E-state index contributed by atoms with van der Waals surface area (Å²) >= 11 is 1.41. The van der Waals surface area contributed by atoms with Crippen LogP contribution in [0.4, 0.5) is 22.2 Å². The molecular formula is C26H37N9O3S. The highest BCUT2D eigenvalue weighted by Crippen LogP contribution is 2.32. The molecule has 0 bridgehead atoms. The van der Waals surface area contributed by atoms with Gasteiger partial charge in [-0.25, -0.2) is 4.79 Å². The van der Waals surface area contributed by atoms with Crippen molar-refractivity contribution in [1.82, 2.24) is 33.9 Å². The highest BCUT2D eigenvalue weighted by atomic mass is 32.1. The van der Waals surface area contributed by atoms with Crippen LogP contribution in [0.15, 0.2) is 12.4 Å². The van der Waals surface area contributed by atoms with Crippen molar-refractivity contribution in [2.75, 3.05) is 57.1 Å². The first kappa shape index (κ1) is 26.2. The van der Waals surface area contributed by atoms with Crippen molar-refractivity contribution < 1.29 is 14.3 Å². The number of ether oxygens (including phenoxy) is 2. The summed E-state index contributed by atoms with van der Waals surface area (Å²) in [7, 11) is 1.45. The molecule has 3 aromatic rings. The molecule has 3 aromatic heterocycles. The Balaban J connectivity index is 1.09. The third-order valence-electron chi connectivity index (χ3n) is 8.23. The van der Waals surface area contributed by atoms with Gasteiger partial charge in [0.05, 0.1) is 36.1 Å². The maximum atomic E-state index is 11.8. The van der Waals surface area contributed by atoms with Gasteiger partial charge < -0.3 is 25.0 Å². The van der Waals surface area contributed by atoms with Gasteiger partial charge in [-0.3, -0.25) is 9.58 Å². The van der Waals surface area contributed by atoms with Crippen molar-refractivity contribution in [3.05, 3.63) is 18.1 Å². The Morgan fingerprint density at radius 1 is 1.05 bits per heavy atom. The first-order valence-electron chi connectivity index (χ1n) is 13.9. The van der Waals surface area contributed by atoms with Crippen LogP contribution in [0.25, 0.3) is 10.2 Å². The van der Waals surface area contributed by atoms with Gasteiger partial charge in [-0.2, -0.15) is 19.4 Å². The second-order valence-electron chi connectivity index (χ2n) is 10.7. The van der Waals surface area contributed by atoms with Crippen LogP contribution in [-0.2, 0) is 9.47 Å². The number of methoxy groups -OCH3 is 1. The van der Waals surface area contributed by atoms with Crippen molar-refractivity contribution in [3.63, 3.8) is 0 Å². The zero-order valence-electron chi connectivity index (χ0n) is 22.6. The van der Waals surface area contributed by atoms with E-state index in [0.29, 0.717) is 24.1 Å². The smallest absolute Gasteiger partial charge is 0.409 e. The summed E-state index contributed by atoms with van der Waals surface area (Å²) in [4.78, 5) is 26.7. The maximum absolute atomic E-state index is 11.8. The van der Waals surface area contributed by atoms with Gasteiger partial charge >= 0.3 is 6.09 Å². The van der Waals surface area contributed by atoms with Gasteiger partial charge in [0.2, 0.25) is 5.95 Å². The first-order chi connectivity index (χ1) is 19.1. The zero-order valence-corrected chi connectivity index (χ0v) is 23.5. The van der Waals surface area contributed by atoms with Crippen LogP contribution in [0.2, 0.25) is 0 Å². The number of fused-ring (bicyclic) bond motifs is 1. The summed E-state index contributed by atoms with van der Waals surface area (Å²) in [5, 5.41) is 12.7. The third-order valence-corrected chi connectivity index (χ3v) is 9.06. The van der Waals surface area contributed by atoms with E-state index in [2.05, 4.69) is 25.0 Å². The molecule has 0 unspecified atom stereocenters. The topological polar surface area (TPSA) is 123 Å². The van der Waals surface area contributed by atoms with Crippen LogP contribution in [-0.4, -0.2) is 98.6 Å². The van der Waals surface area contributed by atoms with E-state index in [0.717, 1.165) is 105 Å². The Bertz CT molecular complexity index is 1270. The van der Waals surface area contributed by atoms with E-state index in [1.807, 2.05) is 24.0 Å². The van der Waals surface area contributed by atoms with E-state index in [1.54, 1.807) is 4.90 Å². The molecule has 39 heavy (non-hydrogen) atoms. The van der Waals surface area contributed by atoms with Gasteiger partial charge in [0, 0.05) is 57.7 Å². The van der Waals surface area contributed by atoms with Crippen LogP contribution in [0.5, 0.6) is 0 Å². The Hall–Kier alpha value is -3.03. The number of nitrogens with one attached hydrogen (secondary N) is 2. The van der Waals surface area contributed by atoms with Crippen molar-refractivity contribution in [2.24, 2.45) is 0 Å². The van der Waals surface area contributed by atoms with E-state index < -0.39 is 0 Å². The molecule has 1 aliphatic carbocycles. The molecule has 6 rings (SSSR count). The zero-order chi connectivity index (χ0) is 26.8. The highest BCUT2D eigenvalue weighted by Gasteiger charge is 2.30. The lowest BCUT2D eigenvalue weighted by Crippen LogP contribution is -2.53. The fraction of sp³-hybridized carbons (Fsp3) is 0.654. The molecule has 2 N–H and O–H groups in total. The van der Waals surface area contributed by atoms with Crippen LogP contribution >= 0.6 is 11.5 Å². The predicted molar refractivity (Wildman–Crippen MR) is 150 cm³/mol. The number of rotatable bonds is 6. The number of nitrogens with zero attached hydrogens (tertiary/aromatic N) is 7. The van der Waals surface area contributed by atoms with Gasteiger partial charge in [-0.15, -0.1) is 0 Å². The lowest BCUT2D eigenvalue weighted by Gasteiger charge is -2.41. The summed E-state index contributed by atoms with van der Waals surface area (Å²) in [6.45, 7) is 6.86. The van der Waals surface area contributed by atoms with Gasteiger partial charge in [-0.05, 0) is 57.0 Å². The predicted octanol–water partition coefficient (Wildman–Crippen LogP) is 3.79. The number of carbonyl (C=O) groups is 1. The van der Waals surface area contributed by atoms with Gasteiger partial charge in [0.15, 0.2) is 4.83 Å². The molecule has 0 radical (unpaired) electrons. The minimum atomic E-state index is -0.223. The van der Waals surface area contributed by atoms with Gasteiger partial charge in [-0.1, -0.05) is 0 Å². The van der Waals surface area contributed by atoms with Gasteiger partial charge in [0.25, 0.3) is 0 Å². The van der Waals surface area contributed by atoms with Crippen molar-refractivity contribution in [2.45, 2.75) is 63.6 Å². The summed E-state index contributed by atoms with van der Waals surface area (Å²) < 4.78 is 16.9. The lowest BCUT2D eigenvalue weighted by atomic mass is 9.89. The van der Waals surface area contributed by atoms with Crippen molar-refractivity contribution >= 4 is 45.3 Å². The van der Waals surface area contributed by atoms with Crippen LogP contribution in [0, 0.1) is 6.92 Å². The summed E-state index contributed by atoms with van der Waals surface area (Å²) in [6, 6.07) is 1.27. The minimum Gasteiger partial charge on any atom is -0.453 e. The number of amides is 1. The number of aromatic nitrogens is 5. The number of hydrogen-bond donors (Lipinski definition) is 2. The van der Waals surface area contributed by atoms with E-state index in [-0.39, 0.29) is 6.09 Å². The number of carbonyl (C=O) groups excluding carboxylic acids is 1. The lowest BCUT2D eigenvalue weighted by molar-refractivity contribution is 0.0642. The first-order valence-corrected chi connectivity index (χ1v) is 14.7. The monoisotopic (exact) mass is 555 g/mol. The van der Waals surface area contributed by atoms with Crippen molar-refractivity contribution in [1.29, 1.82) is 0 Å². The average molecular weight is 556 g/mol. The quantitative estimate of drug-likeness (QED) is 0.464. The molecule has 210 valence electrons. The third kappa shape index (κ3) is 5.80. The van der Waals surface area contributed by atoms with E-state index in [9.17, 15) is 4.79 Å². The van der Waals surface area contributed by atoms with Crippen molar-refractivity contribution in [3.8, 4) is 0 Å². The summed E-state index contributed by atoms with van der Waals surface area (Å²) in [5.74, 6) is 1.40. The average Bonchev–Trinajstić information content (AvgIpc) is 3.60. The Kier molecular flexibility index (Phi) is 7.80. The molecule has 2 aliphatic heterocycles. The number of aryl methyl sites for hydroxylation is 1.